The second kappa shape index (κ2) is 7.84. The Balaban J connectivity index is 1.76. The molecule has 0 amide bonds. The van der Waals surface area contributed by atoms with E-state index in [2.05, 4.69) is 42.6 Å². The molecule has 1 N–H and O–H groups in total. The van der Waals surface area contributed by atoms with Crippen molar-refractivity contribution in [3.8, 4) is 0 Å². The van der Waals surface area contributed by atoms with Crippen LogP contribution in [0.4, 0.5) is 0 Å². The molecule has 1 unspecified atom stereocenters. The van der Waals surface area contributed by atoms with Crippen LogP contribution in [0.3, 0.4) is 0 Å². The number of aliphatic hydroxyl groups is 1. The number of hydrogen-bond donors (Lipinski definition) is 1. The number of β-amino-alcohol motifs (C(OH)–C–C–N with tert-alkyl or cyclic N) is 1. The first-order chi connectivity index (χ1) is 10.3. The molecule has 22 heavy (non-hydrogen) atoms. The molecule has 2 rings (SSSR count). The zero-order chi connectivity index (χ0) is 16.2. The summed E-state index contributed by atoms with van der Waals surface area (Å²) in [5.74, 6) is 0. The van der Waals surface area contributed by atoms with Crippen LogP contribution in [0.1, 0.15) is 30.7 Å². The van der Waals surface area contributed by atoms with Crippen molar-refractivity contribution in [1.29, 1.82) is 0 Å². The lowest BCUT2D eigenvalue weighted by molar-refractivity contribution is 0.00830. The molecule has 1 aromatic rings. The highest BCUT2D eigenvalue weighted by molar-refractivity contribution is 7.11. The first-order valence-corrected chi connectivity index (χ1v) is 8.78. The van der Waals surface area contributed by atoms with Crippen LogP contribution in [0, 0.1) is 0 Å². The lowest BCUT2D eigenvalue weighted by Crippen LogP contribution is -2.43. The number of likely N-dealkylation sites (N-methyl/N-ethyl adjacent to an activating group) is 1. The van der Waals surface area contributed by atoms with E-state index in [9.17, 15) is 5.11 Å². The van der Waals surface area contributed by atoms with E-state index in [0.717, 1.165) is 39.4 Å². The lowest BCUT2D eigenvalue weighted by Gasteiger charge is -2.30. The predicted octanol–water partition coefficient (Wildman–Crippen LogP) is 1.57. The molecule has 0 aromatic carbocycles. The third kappa shape index (κ3) is 5.59. The van der Waals surface area contributed by atoms with Crippen LogP contribution >= 0.6 is 11.3 Å². The van der Waals surface area contributed by atoms with Crippen LogP contribution in [-0.4, -0.2) is 72.4 Å². The van der Waals surface area contributed by atoms with E-state index in [4.69, 9.17) is 4.74 Å². The SMILES string of the molecule is CN(Cc1cnc(C(C)(C)C)s1)CC(O)CN1CCOCC1. The molecular formula is C16H29N3O2S. The molecule has 1 saturated heterocycles. The van der Waals surface area contributed by atoms with Crippen molar-refractivity contribution in [1.82, 2.24) is 14.8 Å². The Morgan fingerprint density at radius 1 is 1.41 bits per heavy atom. The minimum absolute atomic E-state index is 0.108. The molecule has 0 radical (unpaired) electrons. The van der Waals surface area contributed by atoms with E-state index in [1.54, 1.807) is 11.3 Å². The second-order valence-corrected chi connectivity index (χ2v) is 8.26. The van der Waals surface area contributed by atoms with E-state index in [-0.39, 0.29) is 11.5 Å². The molecule has 126 valence electrons. The van der Waals surface area contributed by atoms with Crippen LogP contribution in [0.2, 0.25) is 0 Å². The maximum absolute atomic E-state index is 10.2. The van der Waals surface area contributed by atoms with Crippen molar-refractivity contribution in [2.75, 3.05) is 46.4 Å². The van der Waals surface area contributed by atoms with E-state index >= 15 is 0 Å². The number of rotatable bonds is 6. The molecule has 0 spiro atoms. The molecule has 0 saturated carbocycles. The van der Waals surface area contributed by atoms with Gasteiger partial charge in [0.05, 0.1) is 24.3 Å². The summed E-state index contributed by atoms with van der Waals surface area (Å²) >= 11 is 1.77. The fourth-order valence-corrected chi connectivity index (χ4v) is 3.61. The van der Waals surface area contributed by atoms with Gasteiger partial charge in [-0.3, -0.25) is 9.80 Å². The van der Waals surface area contributed by atoms with Crippen LogP contribution in [0.25, 0.3) is 0 Å². The van der Waals surface area contributed by atoms with Gasteiger partial charge < -0.3 is 9.84 Å². The Bertz CT molecular complexity index is 452. The first-order valence-electron chi connectivity index (χ1n) is 7.96. The number of aromatic nitrogens is 1. The standard InChI is InChI=1S/C16H29N3O2S/c1-16(2,3)15-17-9-14(22-15)12-18(4)10-13(20)11-19-5-7-21-8-6-19/h9,13,20H,5-8,10-12H2,1-4H3. The van der Waals surface area contributed by atoms with E-state index in [1.807, 2.05) is 6.20 Å². The van der Waals surface area contributed by atoms with E-state index in [1.165, 1.54) is 9.88 Å². The van der Waals surface area contributed by atoms with Gasteiger partial charge in [0.15, 0.2) is 0 Å². The molecule has 2 heterocycles. The van der Waals surface area contributed by atoms with E-state index in [0.29, 0.717) is 6.54 Å². The normalized spacial score (nSPS) is 18.8. The number of thiazole rings is 1. The van der Waals surface area contributed by atoms with Gasteiger partial charge in [-0.05, 0) is 7.05 Å². The summed E-state index contributed by atoms with van der Waals surface area (Å²) < 4.78 is 5.33. The quantitative estimate of drug-likeness (QED) is 0.859. The van der Waals surface area contributed by atoms with Gasteiger partial charge in [-0.1, -0.05) is 20.8 Å². The number of nitrogens with zero attached hydrogens (tertiary/aromatic N) is 3. The van der Waals surface area contributed by atoms with Crippen LogP contribution in [0.15, 0.2) is 6.20 Å². The van der Waals surface area contributed by atoms with Crippen LogP contribution < -0.4 is 0 Å². The molecule has 0 aliphatic carbocycles. The molecule has 1 aromatic heterocycles. The topological polar surface area (TPSA) is 48.8 Å². The van der Waals surface area contributed by atoms with Gasteiger partial charge in [-0.15, -0.1) is 11.3 Å². The minimum atomic E-state index is -0.321. The molecule has 5 nitrogen and oxygen atoms in total. The molecular weight excluding hydrogens is 298 g/mol. The third-order valence-electron chi connectivity index (χ3n) is 3.72. The summed E-state index contributed by atoms with van der Waals surface area (Å²) in [6.07, 6.45) is 1.65. The summed E-state index contributed by atoms with van der Waals surface area (Å²) in [6, 6.07) is 0. The summed E-state index contributed by atoms with van der Waals surface area (Å²) in [5.41, 5.74) is 0.108. The summed E-state index contributed by atoms with van der Waals surface area (Å²) in [7, 11) is 2.05. The number of hydrogen-bond acceptors (Lipinski definition) is 6. The van der Waals surface area contributed by atoms with Crippen molar-refractivity contribution in [2.24, 2.45) is 0 Å². The van der Waals surface area contributed by atoms with Crippen molar-refractivity contribution in [3.63, 3.8) is 0 Å². The zero-order valence-corrected chi connectivity index (χ0v) is 15.0. The fraction of sp³-hybridized carbons (Fsp3) is 0.812. The highest BCUT2D eigenvalue weighted by atomic mass is 32.1. The molecule has 1 fully saturated rings. The average molecular weight is 327 g/mol. The van der Waals surface area contributed by atoms with Crippen molar-refractivity contribution in [3.05, 3.63) is 16.1 Å². The number of aliphatic hydroxyl groups excluding tert-OH is 1. The van der Waals surface area contributed by atoms with Crippen molar-refractivity contribution >= 4 is 11.3 Å². The monoisotopic (exact) mass is 327 g/mol. The van der Waals surface area contributed by atoms with E-state index < -0.39 is 0 Å². The zero-order valence-electron chi connectivity index (χ0n) is 14.2. The van der Waals surface area contributed by atoms with Gasteiger partial charge in [0, 0.05) is 49.2 Å². The maximum Gasteiger partial charge on any atom is 0.0981 e. The summed E-state index contributed by atoms with van der Waals surface area (Å²) in [6.45, 7) is 12.2. The van der Waals surface area contributed by atoms with Gasteiger partial charge in [0.2, 0.25) is 0 Å². The van der Waals surface area contributed by atoms with Crippen LogP contribution in [0.5, 0.6) is 0 Å². The maximum atomic E-state index is 10.2. The Labute approximate surface area is 137 Å². The highest BCUT2D eigenvalue weighted by Gasteiger charge is 2.19. The Kier molecular flexibility index (Phi) is 6.35. The summed E-state index contributed by atoms with van der Waals surface area (Å²) in [5, 5.41) is 11.4. The van der Waals surface area contributed by atoms with Crippen molar-refractivity contribution in [2.45, 2.75) is 38.8 Å². The average Bonchev–Trinajstić information content (AvgIpc) is 2.87. The molecule has 1 aliphatic heterocycles. The Hall–Kier alpha value is -0.530. The fourth-order valence-electron chi connectivity index (χ4n) is 2.56. The molecule has 1 aliphatic rings. The number of morpholine rings is 1. The number of ether oxygens (including phenoxy) is 1. The third-order valence-corrected chi connectivity index (χ3v) is 5.12. The molecule has 1 atom stereocenters. The van der Waals surface area contributed by atoms with Crippen molar-refractivity contribution < 1.29 is 9.84 Å². The minimum Gasteiger partial charge on any atom is -0.390 e. The Morgan fingerprint density at radius 2 is 2.09 bits per heavy atom. The Morgan fingerprint density at radius 3 is 2.68 bits per heavy atom. The van der Waals surface area contributed by atoms with Gasteiger partial charge >= 0.3 is 0 Å². The van der Waals surface area contributed by atoms with Gasteiger partial charge in [0.1, 0.15) is 0 Å². The molecule has 6 heteroatoms. The first kappa shape index (κ1) is 17.8. The highest BCUT2D eigenvalue weighted by Crippen LogP contribution is 2.27. The predicted molar refractivity (Wildman–Crippen MR) is 90.4 cm³/mol. The molecule has 0 bridgehead atoms. The van der Waals surface area contributed by atoms with Gasteiger partial charge in [-0.2, -0.15) is 0 Å². The largest absolute Gasteiger partial charge is 0.390 e. The lowest BCUT2D eigenvalue weighted by atomic mass is 9.98. The van der Waals surface area contributed by atoms with Crippen LogP contribution in [-0.2, 0) is 16.7 Å². The van der Waals surface area contributed by atoms with Gasteiger partial charge in [-0.25, -0.2) is 4.98 Å². The summed E-state index contributed by atoms with van der Waals surface area (Å²) in [4.78, 5) is 10.2. The smallest absolute Gasteiger partial charge is 0.0981 e. The van der Waals surface area contributed by atoms with Gasteiger partial charge in [0.25, 0.3) is 0 Å². The second-order valence-electron chi connectivity index (χ2n) is 7.15.